The summed E-state index contributed by atoms with van der Waals surface area (Å²) in [7, 11) is 0. The van der Waals surface area contributed by atoms with E-state index in [4.69, 9.17) is 9.98 Å². The number of aliphatic imine (C=N–C) groups is 1. The van der Waals surface area contributed by atoms with Crippen molar-refractivity contribution in [3.8, 4) is 11.4 Å². The van der Waals surface area contributed by atoms with E-state index in [0.717, 1.165) is 44.8 Å². The van der Waals surface area contributed by atoms with Crippen LogP contribution in [-0.4, -0.2) is 31.0 Å². The first-order chi connectivity index (χ1) is 31.9. The van der Waals surface area contributed by atoms with Gasteiger partial charge in [-0.2, -0.15) is 0 Å². The summed E-state index contributed by atoms with van der Waals surface area (Å²) in [6, 6.07) is 60.6. The maximum absolute atomic E-state index is 6.07. The zero-order valence-corrected chi connectivity index (χ0v) is 39.6. The summed E-state index contributed by atoms with van der Waals surface area (Å²) >= 11 is 0. The van der Waals surface area contributed by atoms with Crippen LogP contribution in [0.3, 0.4) is 0 Å². The number of aromatic nitrogens is 3. The van der Waals surface area contributed by atoms with Gasteiger partial charge in [0, 0.05) is 56.3 Å². The van der Waals surface area contributed by atoms with Crippen LogP contribution in [-0.2, 0) is 0 Å². The van der Waals surface area contributed by atoms with Gasteiger partial charge in [-0.1, -0.05) is 129 Å². The van der Waals surface area contributed by atoms with Crippen LogP contribution in [0.2, 0.25) is 0 Å². The molecule has 0 saturated carbocycles. The van der Waals surface area contributed by atoms with E-state index >= 15 is 0 Å². The monoisotopic (exact) mass is 859 g/mol. The quantitative estimate of drug-likeness (QED) is 0.153. The van der Waals surface area contributed by atoms with Crippen molar-refractivity contribution in [2.45, 2.75) is 85.2 Å². The van der Waals surface area contributed by atoms with Crippen molar-refractivity contribution in [2.75, 3.05) is 4.90 Å². The molecule has 1 atom stereocenters. The summed E-state index contributed by atoms with van der Waals surface area (Å²) in [5, 5.41) is 4.85. The lowest BCUT2D eigenvalue weighted by Gasteiger charge is -2.48. The van der Waals surface area contributed by atoms with E-state index in [1.807, 2.05) is 6.20 Å². The number of pyridine rings is 1. The summed E-state index contributed by atoms with van der Waals surface area (Å²) in [4.78, 5) is 13.6. The fraction of sp³-hybridized carbons (Fsp3) is 0.213. The van der Waals surface area contributed by atoms with Crippen molar-refractivity contribution < 1.29 is 0 Å². The molecule has 4 heterocycles. The first-order valence-electron chi connectivity index (χ1n) is 23.5. The maximum Gasteiger partial charge on any atom is 0.145 e. The molecule has 7 aromatic carbocycles. The Kier molecular flexibility index (Phi) is 9.70. The summed E-state index contributed by atoms with van der Waals surface area (Å²) in [6.07, 6.45) is 1.91. The zero-order valence-electron chi connectivity index (χ0n) is 39.6. The minimum Gasteiger partial charge on any atom is -0.318 e. The molecule has 0 amide bonds. The smallest absolute Gasteiger partial charge is 0.145 e. The Morgan fingerprint density at radius 3 is 1.86 bits per heavy atom. The van der Waals surface area contributed by atoms with Crippen LogP contribution in [0, 0.1) is 27.7 Å². The fourth-order valence-electron chi connectivity index (χ4n) is 11.2. The van der Waals surface area contributed by atoms with Gasteiger partial charge in [0.15, 0.2) is 0 Å². The summed E-state index contributed by atoms with van der Waals surface area (Å²) in [5.41, 5.74) is 16.6. The molecule has 326 valence electrons. The molecule has 5 heteroatoms. The van der Waals surface area contributed by atoms with Gasteiger partial charge in [0.05, 0.1) is 27.6 Å². The van der Waals surface area contributed by atoms with E-state index in [0.29, 0.717) is 5.92 Å². The van der Waals surface area contributed by atoms with Crippen LogP contribution < -0.4 is 4.90 Å². The first-order valence-corrected chi connectivity index (χ1v) is 23.5. The van der Waals surface area contributed by atoms with Crippen molar-refractivity contribution in [3.63, 3.8) is 0 Å². The van der Waals surface area contributed by atoms with E-state index in [-0.39, 0.29) is 5.92 Å². The summed E-state index contributed by atoms with van der Waals surface area (Å²) in [5.74, 6) is 1.39. The molecule has 1 aliphatic heterocycles. The van der Waals surface area contributed by atoms with Crippen LogP contribution in [0.25, 0.3) is 55.1 Å². The highest BCUT2D eigenvalue weighted by molar-refractivity contribution is 6.15. The first kappa shape index (κ1) is 41.5. The van der Waals surface area contributed by atoms with Gasteiger partial charge in [-0.15, -0.1) is 0 Å². The summed E-state index contributed by atoms with van der Waals surface area (Å²) in [6.45, 7) is 20.6. The average Bonchev–Trinajstić information content (AvgIpc) is 3.89. The van der Waals surface area contributed by atoms with Gasteiger partial charge in [0.1, 0.15) is 11.5 Å². The molecule has 5 nitrogen and oxygen atoms in total. The number of hydrogen-bond acceptors (Lipinski definition) is 3. The lowest BCUT2D eigenvalue weighted by atomic mass is 9.67. The van der Waals surface area contributed by atoms with E-state index in [1.165, 1.54) is 66.3 Å². The molecule has 0 unspecified atom stereocenters. The van der Waals surface area contributed by atoms with Crippen LogP contribution in [0.4, 0.5) is 5.69 Å². The lowest BCUT2D eigenvalue weighted by molar-refractivity contribution is 0.279. The standard InChI is InChI=1S/C61H57N5/c1-38(2)45-28-32-52-51(35-45)49-24-17-33-62-59(49)64(52)47-29-30-48-50-34-39(3)25-31-53(50)65(55(48)37-47)54-36-46(27-26-40(54)4)58-63-61(9,60(7,8)66(58)57-41(5)18-16-19-42(57)6)56(43-20-12-10-13-21-43)44-22-14-11-15-23-44/h10-38,56H,1-9H3/t61-/m1/s1. The molecule has 0 aliphatic carbocycles. The van der Waals surface area contributed by atoms with Gasteiger partial charge >= 0.3 is 0 Å². The highest BCUT2D eigenvalue weighted by atomic mass is 15.3. The highest BCUT2D eigenvalue weighted by Crippen LogP contribution is 2.53. The average molecular weight is 860 g/mol. The number of para-hydroxylation sites is 1. The van der Waals surface area contributed by atoms with Gasteiger partial charge in [0.25, 0.3) is 0 Å². The van der Waals surface area contributed by atoms with E-state index in [9.17, 15) is 0 Å². The Morgan fingerprint density at radius 1 is 0.500 bits per heavy atom. The molecule has 11 rings (SSSR count). The maximum atomic E-state index is 6.07. The van der Waals surface area contributed by atoms with Gasteiger partial charge in [-0.3, -0.25) is 9.56 Å². The summed E-state index contributed by atoms with van der Waals surface area (Å²) < 4.78 is 4.84. The molecular formula is C61H57N5. The van der Waals surface area contributed by atoms with Crippen molar-refractivity contribution in [1.82, 2.24) is 14.1 Å². The van der Waals surface area contributed by atoms with Crippen molar-refractivity contribution in [1.29, 1.82) is 0 Å². The highest BCUT2D eigenvalue weighted by Gasteiger charge is 2.57. The third-order valence-electron chi connectivity index (χ3n) is 14.9. The van der Waals surface area contributed by atoms with Gasteiger partial charge in [-0.25, -0.2) is 4.98 Å². The van der Waals surface area contributed by atoms with Crippen LogP contribution in [0.1, 0.15) is 91.0 Å². The lowest BCUT2D eigenvalue weighted by Crippen LogP contribution is -2.57. The minimum absolute atomic E-state index is 0.0181. The van der Waals surface area contributed by atoms with Crippen molar-refractivity contribution >= 4 is 55.3 Å². The molecule has 0 saturated heterocycles. The molecule has 0 N–H and O–H groups in total. The van der Waals surface area contributed by atoms with Crippen LogP contribution in [0.15, 0.2) is 175 Å². The van der Waals surface area contributed by atoms with Gasteiger partial charge in [0.2, 0.25) is 0 Å². The molecule has 10 aromatic rings. The molecule has 66 heavy (non-hydrogen) atoms. The van der Waals surface area contributed by atoms with E-state index < -0.39 is 11.1 Å². The zero-order chi connectivity index (χ0) is 45.6. The second-order valence-electron chi connectivity index (χ2n) is 19.7. The number of benzene rings is 7. The van der Waals surface area contributed by atoms with Gasteiger partial charge < -0.3 is 9.47 Å². The Labute approximate surface area is 388 Å². The third kappa shape index (κ3) is 6.27. The van der Waals surface area contributed by atoms with E-state index in [1.54, 1.807) is 0 Å². The predicted molar refractivity (Wildman–Crippen MR) is 279 cm³/mol. The number of fused-ring (bicyclic) bond motifs is 6. The minimum atomic E-state index is -0.587. The number of aryl methyl sites for hydroxylation is 4. The van der Waals surface area contributed by atoms with Gasteiger partial charge in [-0.05, 0) is 142 Å². The SMILES string of the molecule is Cc1ccc2c(c1)c1ccc(-n3c4ccc(C(C)C)cc4c4cccnc43)cc1n2-c1cc(C2=N[C@](C)(C(c3ccccc3)c3ccccc3)C(C)(C)N2c2c(C)cccc2C)ccc1C. The second kappa shape index (κ2) is 15.4. The number of amidine groups is 1. The predicted octanol–water partition coefficient (Wildman–Crippen LogP) is 15.3. The largest absolute Gasteiger partial charge is 0.318 e. The molecular weight excluding hydrogens is 803 g/mol. The third-order valence-corrected chi connectivity index (χ3v) is 14.9. The number of anilines is 1. The molecule has 0 spiro atoms. The molecule has 1 aliphatic rings. The topological polar surface area (TPSA) is 38.4 Å². The fourth-order valence-corrected chi connectivity index (χ4v) is 11.2. The van der Waals surface area contributed by atoms with E-state index in [2.05, 4.69) is 240 Å². The Hall–Kier alpha value is -7.24. The van der Waals surface area contributed by atoms with Crippen LogP contribution in [0.5, 0.6) is 0 Å². The van der Waals surface area contributed by atoms with Crippen LogP contribution >= 0.6 is 0 Å². The van der Waals surface area contributed by atoms with Crippen molar-refractivity contribution in [3.05, 3.63) is 214 Å². The van der Waals surface area contributed by atoms with Crippen molar-refractivity contribution in [2.24, 2.45) is 4.99 Å². The number of rotatable bonds is 8. The molecule has 0 radical (unpaired) electrons. The number of hydrogen-bond donors (Lipinski definition) is 0. The number of nitrogens with zero attached hydrogens (tertiary/aromatic N) is 5. The Morgan fingerprint density at radius 2 is 1.17 bits per heavy atom. The molecule has 0 fully saturated rings. The molecule has 3 aromatic heterocycles. The molecule has 0 bridgehead atoms. The Bertz CT molecular complexity index is 3490. The Balaban J connectivity index is 1.16. The second-order valence-corrected chi connectivity index (χ2v) is 19.7. The normalized spacial score (nSPS) is 16.2.